The largest absolute Gasteiger partial charge is 0.496 e. The molecular weight excluding hydrogens is 338 g/mol. The molecule has 2 bridgehead atoms. The summed E-state index contributed by atoms with van der Waals surface area (Å²) in [5, 5.41) is 4.67. The molecule has 5 nitrogen and oxygen atoms in total. The first kappa shape index (κ1) is 18.2. The fraction of sp³-hybridized carbons (Fsp3) is 0.545. The summed E-state index contributed by atoms with van der Waals surface area (Å²) < 4.78 is 7.07. The van der Waals surface area contributed by atoms with Gasteiger partial charge in [0.05, 0.1) is 19.5 Å². The van der Waals surface area contributed by atoms with Crippen LogP contribution in [0.1, 0.15) is 40.0 Å². The van der Waals surface area contributed by atoms with Crippen molar-refractivity contribution in [3.63, 3.8) is 0 Å². The number of benzene rings is 1. The van der Waals surface area contributed by atoms with Gasteiger partial charge in [0.25, 0.3) is 5.56 Å². The molecule has 1 aliphatic heterocycles. The number of rotatable bonds is 4. The lowest BCUT2D eigenvalue weighted by Gasteiger charge is -2.39. The van der Waals surface area contributed by atoms with Crippen molar-refractivity contribution in [3.8, 4) is 17.0 Å². The topological polar surface area (TPSA) is 47.4 Å². The Labute approximate surface area is 161 Å². The van der Waals surface area contributed by atoms with Gasteiger partial charge in [0.15, 0.2) is 0 Å². The fourth-order valence-electron chi connectivity index (χ4n) is 5.46. The normalized spacial score (nSPS) is 26.9. The van der Waals surface area contributed by atoms with Crippen LogP contribution in [-0.4, -0.2) is 34.4 Å². The molecule has 2 fully saturated rings. The Bertz CT molecular complexity index is 904. The quantitative estimate of drug-likeness (QED) is 0.825. The molecule has 0 spiro atoms. The van der Waals surface area contributed by atoms with E-state index in [1.165, 1.54) is 19.3 Å². The zero-order valence-electron chi connectivity index (χ0n) is 16.7. The Morgan fingerprint density at radius 2 is 1.93 bits per heavy atom. The highest BCUT2D eigenvalue weighted by Crippen LogP contribution is 2.52. The smallest absolute Gasteiger partial charge is 0.268 e. The molecule has 1 saturated heterocycles. The Balaban J connectivity index is 1.63. The van der Waals surface area contributed by atoms with E-state index >= 15 is 0 Å². The monoisotopic (exact) mass is 367 g/mol. The van der Waals surface area contributed by atoms with Crippen molar-refractivity contribution in [1.82, 2.24) is 14.7 Å². The van der Waals surface area contributed by atoms with Gasteiger partial charge in [0.2, 0.25) is 0 Å². The van der Waals surface area contributed by atoms with Crippen LogP contribution in [0.4, 0.5) is 0 Å². The minimum atomic E-state index is -0.0560. The van der Waals surface area contributed by atoms with Gasteiger partial charge in [0, 0.05) is 24.2 Å². The first-order valence-electron chi connectivity index (χ1n) is 9.74. The molecule has 0 radical (unpaired) electrons. The van der Waals surface area contributed by atoms with Crippen molar-refractivity contribution in [2.45, 2.75) is 52.7 Å². The summed E-state index contributed by atoms with van der Waals surface area (Å²) >= 11 is 0. The average Bonchev–Trinajstić information content (AvgIpc) is 2.85. The van der Waals surface area contributed by atoms with Gasteiger partial charge in [-0.1, -0.05) is 32.9 Å². The molecule has 27 heavy (non-hydrogen) atoms. The second kappa shape index (κ2) is 6.48. The summed E-state index contributed by atoms with van der Waals surface area (Å²) in [5.74, 6) is 0.765. The second-order valence-electron chi connectivity index (χ2n) is 9.36. The molecule has 2 aliphatic rings. The highest BCUT2D eigenvalue weighted by Gasteiger charge is 2.49. The van der Waals surface area contributed by atoms with Gasteiger partial charge < -0.3 is 4.74 Å². The van der Waals surface area contributed by atoms with Crippen LogP contribution in [0.3, 0.4) is 0 Å². The maximum Gasteiger partial charge on any atom is 0.268 e. The van der Waals surface area contributed by atoms with Gasteiger partial charge in [-0.25, -0.2) is 4.68 Å². The van der Waals surface area contributed by atoms with Crippen LogP contribution in [0.15, 0.2) is 41.2 Å². The predicted octanol–water partition coefficient (Wildman–Crippen LogP) is 3.78. The summed E-state index contributed by atoms with van der Waals surface area (Å²) in [6.07, 6.45) is 3.65. The minimum Gasteiger partial charge on any atom is -0.496 e. The van der Waals surface area contributed by atoms with Crippen molar-refractivity contribution in [1.29, 1.82) is 0 Å². The molecule has 0 amide bonds. The standard InChI is InChI=1S/C22H29N3O2/c1-21(2)11-16-12-22(3,13-21)14-24(16)15-25-20(26)10-9-18(23-25)17-7-5-6-8-19(17)27-4/h5-10,16H,11-15H2,1-4H3. The van der Waals surface area contributed by atoms with Crippen LogP contribution in [0, 0.1) is 10.8 Å². The first-order valence-corrected chi connectivity index (χ1v) is 9.74. The van der Waals surface area contributed by atoms with E-state index in [2.05, 4.69) is 30.8 Å². The number of aromatic nitrogens is 2. The molecule has 2 heterocycles. The van der Waals surface area contributed by atoms with Crippen molar-refractivity contribution >= 4 is 0 Å². The molecule has 2 unspecified atom stereocenters. The third-order valence-electron chi connectivity index (χ3n) is 6.09. The molecule has 5 heteroatoms. The maximum atomic E-state index is 12.5. The van der Waals surface area contributed by atoms with Crippen LogP contribution in [0.25, 0.3) is 11.3 Å². The molecule has 1 saturated carbocycles. The lowest BCUT2D eigenvalue weighted by atomic mass is 9.65. The molecular formula is C22H29N3O2. The Hall–Kier alpha value is -2.14. The Morgan fingerprint density at radius 1 is 1.15 bits per heavy atom. The van der Waals surface area contributed by atoms with E-state index in [1.807, 2.05) is 24.3 Å². The molecule has 4 rings (SSSR count). The Kier molecular flexibility index (Phi) is 4.38. The van der Waals surface area contributed by atoms with E-state index in [-0.39, 0.29) is 5.56 Å². The van der Waals surface area contributed by atoms with E-state index in [9.17, 15) is 4.79 Å². The van der Waals surface area contributed by atoms with Crippen molar-refractivity contribution in [2.24, 2.45) is 10.8 Å². The van der Waals surface area contributed by atoms with Crippen molar-refractivity contribution in [3.05, 3.63) is 46.8 Å². The number of hydrogen-bond acceptors (Lipinski definition) is 4. The lowest BCUT2D eigenvalue weighted by molar-refractivity contribution is 0.119. The summed E-state index contributed by atoms with van der Waals surface area (Å²) in [7, 11) is 1.65. The van der Waals surface area contributed by atoms with Gasteiger partial charge in [-0.3, -0.25) is 9.69 Å². The first-order chi connectivity index (χ1) is 12.8. The molecule has 1 aromatic carbocycles. The summed E-state index contributed by atoms with van der Waals surface area (Å²) in [6, 6.07) is 11.7. The highest BCUT2D eigenvalue weighted by atomic mass is 16.5. The second-order valence-corrected chi connectivity index (χ2v) is 9.36. The Morgan fingerprint density at radius 3 is 2.70 bits per heavy atom. The predicted molar refractivity (Wildman–Crippen MR) is 107 cm³/mol. The molecule has 0 N–H and O–H groups in total. The number of hydrogen-bond donors (Lipinski definition) is 0. The zero-order chi connectivity index (χ0) is 19.2. The van der Waals surface area contributed by atoms with E-state index in [4.69, 9.17) is 4.74 Å². The van der Waals surface area contributed by atoms with Gasteiger partial charge >= 0.3 is 0 Å². The number of likely N-dealkylation sites (tertiary alicyclic amines) is 1. The molecule has 1 aliphatic carbocycles. The molecule has 1 aromatic heterocycles. The van der Waals surface area contributed by atoms with Crippen LogP contribution < -0.4 is 10.3 Å². The summed E-state index contributed by atoms with van der Waals surface area (Å²) in [6.45, 7) is 8.72. The molecule has 2 atom stereocenters. The van der Waals surface area contributed by atoms with Crippen LogP contribution in [-0.2, 0) is 6.67 Å². The van der Waals surface area contributed by atoms with Crippen molar-refractivity contribution in [2.75, 3.05) is 13.7 Å². The van der Waals surface area contributed by atoms with E-state index < -0.39 is 0 Å². The maximum absolute atomic E-state index is 12.5. The SMILES string of the molecule is COc1ccccc1-c1ccc(=O)n(CN2CC3(C)CC2CC(C)(C)C3)n1. The molecule has 2 aromatic rings. The van der Waals surface area contributed by atoms with E-state index in [0.717, 1.165) is 23.6 Å². The summed E-state index contributed by atoms with van der Waals surface area (Å²) in [4.78, 5) is 14.9. The lowest BCUT2D eigenvalue weighted by Crippen LogP contribution is -2.38. The fourth-order valence-corrected chi connectivity index (χ4v) is 5.46. The zero-order valence-corrected chi connectivity index (χ0v) is 16.7. The molecule has 144 valence electrons. The van der Waals surface area contributed by atoms with Crippen LogP contribution in [0.2, 0.25) is 0 Å². The third-order valence-corrected chi connectivity index (χ3v) is 6.09. The van der Waals surface area contributed by atoms with Gasteiger partial charge in [0.1, 0.15) is 5.75 Å². The minimum absolute atomic E-state index is 0.0560. The number of fused-ring (bicyclic) bond motifs is 2. The van der Waals surface area contributed by atoms with Crippen molar-refractivity contribution < 1.29 is 4.74 Å². The van der Waals surface area contributed by atoms with E-state index in [1.54, 1.807) is 23.9 Å². The van der Waals surface area contributed by atoms with Gasteiger partial charge in [-0.05, 0) is 48.3 Å². The summed E-state index contributed by atoms with van der Waals surface area (Å²) in [5.41, 5.74) is 2.32. The van der Waals surface area contributed by atoms with Crippen LogP contribution in [0.5, 0.6) is 5.75 Å². The third kappa shape index (κ3) is 3.53. The average molecular weight is 367 g/mol. The number of ether oxygens (including phenoxy) is 1. The number of methoxy groups -OCH3 is 1. The number of para-hydroxylation sites is 1. The van der Waals surface area contributed by atoms with Gasteiger partial charge in [-0.2, -0.15) is 5.10 Å². The van der Waals surface area contributed by atoms with Crippen LogP contribution >= 0.6 is 0 Å². The highest BCUT2D eigenvalue weighted by molar-refractivity contribution is 5.66. The van der Waals surface area contributed by atoms with E-state index in [0.29, 0.717) is 23.5 Å². The van der Waals surface area contributed by atoms with Gasteiger partial charge in [-0.15, -0.1) is 0 Å². The number of nitrogens with zero attached hydrogens (tertiary/aromatic N) is 3.